The summed E-state index contributed by atoms with van der Waals surface area (Å²) in [6.07, 6.45) is 5.01. The number of sulfonamides is 1. The summed E-state index contributed by atoms with van der Waals surface area (Å²) in [7, 11) is -3.67. The van der Waals surface area contributed by atoms with E-state index in [1.54, 1.807) is 12.1 Å². The zero-order chi connectivity index (χ0) is 22.3. The maximum atomic E-state index is 12.6. The molecular formula is C23H37N3O4S. The maximum Gasteiger partial charge on any atom is 0.251 e. The van der Waals surface area contributed by atoms with Crippen LogP contribution in [0.4, 0.5) is 0 Å². The van der Waals surface area contributed by atoms with Crippen molar-refractivity contribution in [1.29, 1.82) is 0 Å². The van der Waals surface area contributed by atoms with E-state index in [1.807, 2.05) is 0 Å². The van der Waals surface area contributed by atoms with Crippen LogP contribution in [-0.4, -0.2) is 64.7 Å². The number of nitrogens with one attached hydrogen (secondary N) is 2. The molecule has 0 saturated carbocycles. The number of ether oxygens (including phenoxy) is 1. The molecule has 174 valence electrons. The van der Waals surface area contributed by atoms with E-state index >= 15 is 0 Å². The Balaban J connectivity index is 1.42. The summed E-state index contributed by atoms with van der Waals surface area (Å²) in [5.74, 6) is 1.27. The van der Waals surface area contributed by atoms with Crippen LogP contribution in [0.3, 0.4) is 0 Å². The van der Waals surface area contributed by atoms with Gasteiger partial charge >= 0.3 is 0 Å². The zero-order valence-corrected chi connectivity index (χ0v) is 19.6. The van der Waals surface area contributed by atoms with Gasteiger partial charge in [0.15, 0.2) is 0 Å². The molecule has 0 radical (unpaired) electrons. The summed E-state index contributed by atoms with van der Waals surface area (Å²) >= 11 is 0. The van der Waals surface area contributed by atoms with Gasteiger partial charge in [-0.15, -0.1) is 0 Å². The Morgan fingerprint density at radius 2 is 1.97 bits per heavy atom. The molecule has 1 aromatic carbocycles. The topological polar surface area (TPSA) is 87.7 Å². The molecule has 0 aliphatic carbocycles. The average Bonchev–Trinajstić information content (AvgIpc) is 3.25. The van der Waals surface area contributed by atoms with Crippen LogP contribution >= 0.6 is 0 Å². The fourth-order valence-corrected chi connectivity index (χ4v) is 5.75. The number of rotatable bonds is 10. The van der Waals surface area contributed by atoms with Gasteiger partial charge in [0, 0.05) is 38.3 Å². The maximum absolute atomic E-state index is 12.6. The Labute approximate surface area is 187 Å². The van der Waals surface area contributed by atoms with Crippen molar-refractivity contribution in [3.63, 3.8) is 0 Å². The second-order valence-electron chi connectivity index (χ2n) is 9.18. The van der Waals surface area contributed by atoms with Crippen molar-refractivity contribution >= 4 is 15.9 Å². The lowest BCUT2D eigenvalue weighted by atomic mass is 9.92. The quantitative estimate of drug-likeness (QED) is 0.534. The van der Waals surface area contributed by atoms with Crippen molar-refractivity contribution < 1.29 is 17.9 Å². The Kier molecular flexibility index (Phi) is 8.89. The molecule has 1 amide bonds. The van der Waals surface area contributed by atoms with Crippen LogP contribution in [0.1, 0.15) is 56.3 Å². The Hall–Kier alpha value is -1.48. The van der Waals surface area contributed by atoms with Gasteiger partial charge < -0.3 is 15.0 Å². The Morgan fingerprint density at radius 1 is 1.19 bits per heavy atom. The highest BCUT2D eigenvalue weighted by Gasteiger charge is 2.22. The predicted octanol–water partition coefficient (Wildman–Crippen LogP) is 2.63. The molecule has 2 saturated heterocycles. The van der Waals surface area contributed by atoms with Crippen LogP contribution in [0.2, 0.25) is 0 Å². The molecule has 7 nitrogen and oxygen atoms in total. The molecule has 3 rings (SSSR count). The average molecular weight is 452 g/mol. The van der Waals surface area contributed by atoms with E-state index in [4.69, 9.17) is 4.74 Å². The third-order valence-electron chi connectivity index (χ3n) is 6.06. The summed E-state index contributed by atoms with van der Waals surface area (Å²) in [5, 5.41) is 2.92. The van der Waals surface area contributed by atoms with Crippen LogP contribution in [0, 0.1) is 11.8 Å². The summed E-state index contributed by atoms with van der Waals surface area (Å²) in [5.41, 5.74) is 0.360. The van der Waals surface area contributed by atoms with E-state index in [1.165, 1.54) is 31.6 Å². The minimum atomic E-state index is -3.67. The van der Waals surface area contributed by atoms with Gasteiger partial charge in [0.2, 0.25) is 10.0 Å². The van der Waals surface area contributed by atoms with Crippen molar-refractivity contribution in [3.8, 4) is 0 Å². The monoisotopic (exact) mass is 451 g/mol. The first-order valence-electron chi connectivity index (χ1n) is 11.6. The summed E-state index contributed by atoms with van der Waals surface area (Å²) in [4.78, 5) is 15.1. The van der Waals surface area contributed by atoms with Gasteiger partial charge in [-0.1, -0.05) is 19.9 Å². The minimum absolute atomic E-state index is 0.0717. The molecule has 2 heterocycles. The van der Waals surface area contributed by atoms with Gasteiger partial charge in [0.05, 0.1) is 11.0 Å². The first-order chi connectivity index (χ1) is 14.8. The van der Waals surface area contributed by atoms with Crippen molar-refractivity contribution in [3.05, 3.63) is 29.8 Å². The molecular weight excluding hydrogens is 414 g/mol. The number of hydrogen-bond donors (Lipinski definition) is 2. The number of nitrogens with zero attached hydrogens (tertiary/aromatic N) is 1. The number of amides is 1. The molecule has 0 aromatic heterocycles. The number of unbranched alkanes of at least 4 members (excludes halogenated alkanes) is 1. The second-order valence-corrected chi connectivity index (χ2v) is 11.0. The standard InChI is InChI=1S/C23H37N3O4S/c1-18-13-19(2)17-26(16-18)11-4-3-10-24-23(27)20-7-5-9-22(14-20)31(28,29)25-15-21-8-6-12-30-21/h5,7,9,14,18-19,21,25H,3-4,6,8,10-13,15-17H2,1-2H3,(H,24,27). The van der Waals surface area contributed by atoms with Crippen molar-refractivity contribution in [2.45, 2.75) is 57.0 Å². The molecule has 31 heavy (non-hydrogen) atoms. The lowest BCUT2D eigenvalue weighted by Crippen LogP contribution is -2.39. The number of carbonyl (C=O) groups is 1. The van der Waals surface area contributed by atoms with Crippen molar-refractivity contribution in [2.24, 2.45) is 11.8 Å². The lowest BCUT2D eigenvalue weighted by Gasteiger charge is -2.34. The van der Waals surface area contributed by atoms with Gasteiger partial charge in [-0.2, -0.15) is 0 Å². The fourth-order valence-electron chi connectivity index (χ4n) is 4.63. The van der Waals surface area contributed by atoms with Crippen LogP contribution in [-0.2, 0) is 14.8 Å². The van der Waals surface area contributed by atoms with E-state index in [0.717, 1.165) is 44.1 Å². The molecule has 2 aliphatic heterocycles. The Morgan fingerprint density at radius 3 is 2.68 bits per heavy atom. The summed E-state index contributed by atoms with van der Waals surface area (Å²) < 4.78 is 33.2. The molecule has 0 bridgehead atoms. The van der Waals surface area contributed by atoms with E-state index in [0.29, 0.717) is 18.7 Å². The van der Waals surface area contributed by atoms with E-state index in [2.05, 4.69) is 28.8 Å². The first kappa shape index (κ1) is 24.2. The summed E-state index contributed by atoms with van der Waals surface area (Å²) in [6.45, 7) is 9.55. The number of carbonyl (C=O) groups excluding carboxylic acids is 1. The number of hydrogen-bond acceptors (Lipinski definition) is 5. The van der Waals surface area contributed by atoms with E-state index in [9.17, 15) is 13.2 Å². The largest absolute Gasteiger partial charge is 0.377 e. The molecule has 3 atom stereocenters. The molecule has 3 unspecified atom stereocenters. The molecule has 1 aromatic rings. The van der Waals surface area contributed by atoms with Crippen LogP contribution in [0.5, 0.6) is 0 Å². The number of piperidine rings is 1. The fraction of sp³-hybridized carbons (Fsp3) is 0.696. The highest BCUT2D eigenvalue weighted by molar-refractivity contribution is 7.89. The SMILES string of the molecule is CC1CC(C)CN(CCCCNC(=O)c2cccc(S(=O)(=O)NCC3CCCO3)c2)C1. The molecule has 8 heteroatoms. The van der Waals surface area contributed by atoms with Gasteiger partial charge in [0.25, 0.3) is 5.91 Å². The minimum Gasteiger partial charge on any atom is -0.377 e. The second kappa shape index (κ2) is 11.4. The van der Waals surface area contributed by atoms with Gasteiger partial charge in [-0.25, -0.2) is 13.1 Å². The van der Waals surface area contributed by atoms with Gasteiger partial charge in [-0.05, 0) is 68.7 Å². The number of benzene rings is 1. The van der Waals surface area contributed by atoms with Crippen molar-refractivity contribution in [1.82, 2.24) is 14.9 Å². The van der Waals surface area contributed by atoms with E-state index < -0.39 is 10.0 Å². The van der Waals surface area contributed by atoms with Crippen LogP contribution in [0.25, 0.3) is 0 Å². The zero-order valence-electron chi connectivity index (χ0n) is 18.8. The highest BCUT2D eigenvalue weighted by atomic mass is 32.2. The molecule has 2 aliphatic rings. The van der Waals surface area contributed by atoms with Crippen molar-refractivity contribution in [2.75, 3.05) is 39.3 Å². The highest BCUT2D eigenvalue weighted by Crippen LogP contribution is 2.21. The van der Waals surface area contributed by atoms with E-state index in [-0.39, 0.29) is 23.5 Å². The predicted molar refractivity (Wildman–Crippen MR) is 122 cm³/mol. The third kappa shape index (κ3) is 7.56. The molecule has 0 spiro atoms. The third-order valence-corrected chi connectivity index (χ3v) is 7.48. The normalized spacial score (nSPS) is 24.9. The smallest absolute Gasteiger partial charge is 0.251 e. The summed E-state index contributed by atoms with van der Waals surface area (Å²) in [6, 6.07) is 6.19. The van der Waals surface area contributed by atoms with Gasteiger partial charge in [-0.3, -0.25) is 4.79 Å². The van der Waals surface area contributed by atoms with Gasteiger partial charge in [0.1, 0.15) is 0 Å². The first-order valence-corrected chi connectivity index (χ1v) is 13.0. The van der Waals surface area contributed by atoms with Crippen LogP contribution in [0.15, 0.2) is 29.2 Å². The number of likely N-dealkylation sites (tertiary alicyclic amines) is 1. The lowest BCUT2D eigenvalue weighted by molar-refractivity contribution is 0.0951. The van der Waals surface area contributed by atoms with Crippen LogP contribution < -0.4 is 10.0 Å². The Bertz CT molecular complexity index is 814. The molecule has 2 N–H and O–H groups in total. The molecule has 2 fully saturated rings.